The van der Waals surface area contributed by atoms with Gasteiger partial charge in [0.15, 0.2) is 0 Å². The van der Waals surface area contributed by atoms with E-state index in [-0.39, 0.29) is 0 Å². The normalized spacial score (nSPS) is 15.4. The summed E-state index contributed by atoms with van der Waals surface area (Å²) in [6.45, 7) is 3.21. The van der Waals surface area contributed by atoms with E-state index in [2.05, 4.69) is 28.3 Å². The van der Waals surface area contributed by atoms with Crippen LogP contribution < -0.4 is 5.32 Å². The Balaban J connectivity index is 1.78. The van der Waals surface area contributed by atoms with Crippen LogP contribution in [0.25, 0.3) is 10.2 Å². The number of thiophene rings is 1. The van der Waals surface area contributed by atoms with Crippen molar-refractivity contribution >= 4 is 27.4 Å². The second-order valence-electron chi connectivity index (χ2n) is 4.67. The van der Waals surface area contributed by atoms with Crippen LogP contribution >= 0.6 is 11.3 Å². The molecule has 0 radical (unpaired) electrons. The van der Waals surface area contributed by atoms with Crippen molar-refractivity contribution < 1.29 is 0 Å². The summed E-state index contributed by atoms with van der Waals surface area (Å²) < 4.78 is 0. The van der Waals surface area contributed by atoms with Gasteiger partial charge in [-0.25, -0.2) is 9.97 Å². The minimum Gasteiger partial charge on any atom is -0.369 e. The highest BCUT2D eigenvalue weighted by Crippen LogP contribution is 2.33. The Hall–Kier alpha value is -1.16. The number of nitrogens with zero attached hydrogens (tertiary/aromatic N) is 2. The number of aryl methyl sites for hydroxylation is 1. The fourth-order valence-corrected chi connectivity index (χ4v) is 2.96. The lowest BCUT2D eigenvalue weighted by Crippen LogP contribution is -2.04. The van der Waals surface area contributed by atoms with E-state index in [0.29, 0.717) is 0 Å². The Labute approximate surface area is 105 Å². The Morgan fingerprint density at radius 1 is 1.41 bits per heavy atom. The van der Waals surface area contributed by atoms with Gasteiger partial charge in [0.2, 0.25) is 0 Å². The molecule has 1 aliphatic carbocycles. The number of aromatic nitrogens is 2. The Kier molecular flexibility index (Phi) is 2.97. The third-order valence-electron chi connectivity index (χ3n) is 3.27. The molecule has 1 saturated carbocycles. The highest BCUT2D eigenvalue weighted by molar-refractivity contribution is 7.18. The molecule has 90 valence electrons. The lowest BCUT2D eigenvalue weighted by Gasteiger charge is -2.05. The SMILES string of the molecule is CCc1cc2c(NCCC3CC3)ncnc2s1. The van der Waals surface area contributed by atoms with Gasteiger partial charge in [-0.05, 0) is 24.8 Å². The van der Waals surface area contributed by atoms with Crippen molar-refractivity contribution in [3.63, 3.8) is 0 Å². The summed E-state index contributed by atoms with van der Waals surface area (Å²) in [4.78, 5) is 11.2. The van der Waals surface area contributed by atoms with Crippen molar-refractivity contribution in [3.8, 4) is 0 Å². The first kappa shape index (κ1) is 11.0. The Bertz CT molecular complexity index is 516. The minimum absolute atomic E-state index is 0.966. The van der Waals surface area contributed by atoms with Gasteiger partial charge in [0.25, 0.3) is 0 Å². The predicted molar refractivity (Wildman–Crippen MR) is 72.6 cm³/mol. The molecule has 0 unspecified atom stereocenters. The standard InChI is InChI=1S/C13H17N3S/c1-2-10-7-11-12(14-6-5-9-3-4-9)15-8-16-13(11)17-10/h7-9H,2-6H2,1H3,(H,14,15,16). The molecule has 1 aliphatic rings. The van der Waals surface area contributed by atoms with Crippen molar-refractivity contribution in [1.29, 1.82) is 0 Å². The summed E-state index contributed by atoms with van der Waals surface area (Å²) in [5, 5.41) is 4.64. The molecule has 0 bridgehead atoms. The first-order valence-electron chi connectivity index (χ1n) is 6.34. The molecule has 0 spiro atoms. The summed E-state index contributed by atoms with van der Waals surface area (Å²) in [7, 11) is 0. The summed E-state index contributed by atoms with van der Waals surface area (Å²) in [5.74, 6) is 1.97. The lowest BCUT2D eigenvalue weighted by atomic mass is 10.3. The van der Waals surface area contributed by atoms with Gasteiger partial charge in [-0.3, -0.25) is 0 Å². The number of fused-ring (bicyclic) bond motifs is 1. The van der Waals surface area contributed by atoms with Crippen molar-refractivity contribution in [1.82, 2.24) is 9.97 Å². The smallest absolute Gasteiger partial charge is 0.138 e. The lowest BCUT2D eigenvalue weighted by molar-refractivity contribution is 0.759. The molecular formula is C13H17N3S. The maximum atomic E-state index is 4.36. The summed E-state index contributed by atoms with van der Waals surface area (Å²) in [5.41, 5.74) is 0. The van der Waals surface area contributed by atoms with E-state index in [1.807, 2.05) is 0 Å². The zero-order valence-electron chi connectivity index (χ0n) is 10.1. The van der Waals surface area contributed by atoms with Crippen molar-refractivity contribution in [2.75, 3.05) is 11.9 Å². The molecule has 0 atom stereocenters. The van der Waals surface area contributed by atoms with Crippen molar-refractivity contribution in [3.05, 3.63) is 17.3 Å². The molecule has 1 fully saturated rings. The van der Waals surface area contributed by atoms with Crippen LogP contribution in [0.2, 0.25) is 0 Å². The van der Waals surface area contributed by atoms with Gasteiger partial charge in [-0.1, -0.05) is 19.8 Å². The van der Waals surface area contributed by atoms with Crippen LogP contribution in [0.3, 0.4) is 0 Å². The maximum absolute atomic E-state index is 4.36. The molecule has 2 heterocycles. The van der Waals surface area contributed by atoms with E-state index in [1.54, 1.807) is 17.7 Å². The number of rotatable bonds is 5. The second-order valence-corrected chi connectivity index (χ2v) is 5.78. The molecule has 17 heavy (non-hydrogen) atoms. The number of hydrogen-bond acceptors (Lipinski definition) is 4. The summed E-state index contributed by atoms with van der Waals surface area (Å²) in [6.07, 6.45) is 6.84. The Morgan fingerprint density at radius 2 is 2.29 bits per heavy atom. The molecule has 4 heteroatoms. The molecule has 0 amide bonds. The molecule has 1 N–H and O–H groups in total. The van der Waals surface area contributed by atoms with Crippen LogP contribution in [-0.4, -0.2) is 16.5 Å². The van der Waals surface area contributed by atoms with Gasteiger partial charge in [0.05, 0.1) is 5.39 Å². The predicted octanol–water partition coefficient (Wildman–Crippen LogP) is 3.47. The van der Waals surface area contributed by atoms with Gasteiger partial charge >= 0.3 is 0 Å². The van der Waals surface area contributed by atoms with Gasteiger partial charge < -0.3 is 5.32 Å². The van der Waals surface area contributed by atoms with Crippen LogP contribution in [0.5, 0.6) is 0 Å². The topological polar surface area (TPSA) is 37.8 Å². The van der Waals surface area contributed by atoms with Crippen LogP contribution in [0.4, 0.5) is 5.82 Å². The highest BCUT2D eigenvalue weighted by Gasteiger charge is 2.20. The van der Waals surface area contributed by atoms with E-state index < -0.39 is 0 Å². The minimum atomic E-state index is 0.966. The first-order valence-corrected chi connectivity index (χ1v) is 7.15. The number of hydrogen-bond donors (Lipinski definition) is 1. The molecule has 0 aliphatic heterocycles. The van der Waals surface area contributed by atoms with E-state index in [1.165, 1.54) is 29.5 Å². The van der Waals surface area contributed by atoms with Crippen LogP contribution in [0.15, 0.2) is 12.4 Å². The molecule has 0 saturated heterocycles. The van der Waals surface area contributed by atoms with Gasteiger partial charge in [-0.2, -0.15) is 0 Å². The second kappa shape index (κ2) is 4.61. The average Bonchev–Trinajstić information content (AvgIpc) is 3.06. The van der Waals surface area contributed by atoms with Crippen LogP contribution in [0.1, 0.15) is 31.1 Å². The third-order valence-corrected chi connectivity index (χ3v) is 4.46. The quantitative estimate of drug-likeness (QED) is 0.879. The molecule has 2 aromatic heterocycles. The highest BCUT2D eigenvalue weighted by atomic mass is 32.1. The molecule has 2 aromatic rings. The Morgan fingerprint density at radius 3 is 3.06 bits per heavy atom. The average molecular weight is 247 g/mol. The fourth-order valence-electron chi connectivity index (χ4n) is 2.02. The van der Waals surface area contributed by atoms with Crippen molar-refractivity contribution in [2.24, 2.45) is 5.92 Å². The van der Waals surface area contributed by atoms with Gasteiger partial charge in [0.1, 0.15) is 17.0 Å². The van der Waals surface area contributed by atoms with E-state index in [4.69, 9.17) is 0 Å². The van der Waals surface area contributed by atoms with E-state index in [0.717, 1.165) is 29.5 Å². The molecular weight excluding hydrogens is 230 g/mol. The van der Waals surface area contributed by atoms with Gasteiger partial charge in [-0.15, -0.1) is 11.3 Å². The molecule has 3 nitrogen and oxygen atoms in total. The van der Waals surface area contributed by atoms with Gasteiger partial charge in [0, 0.05) is 11.4 Å². The van der Waals surface area contributed by atoms with Crippen LogP contribution in [0, 0.1) is 5.92 Å². The molecule has 3 rings (SSSR count). The fraction of sp³-hybridized carbons (Fsp3) is 0.538. The summed E-state index contributed by atoms with van der Waals surface area (Å²) in [6, 6.07) is 2.22. The summed E-state index contributed by atoms with van der Waals surface area (Å²) >= 11 is 1.77. The largest absolute Gasteiger partial charge is 0.369 e. The van der Waals surface area contributed by atoms with Crippen LogP contribution in [-0.2, 0) is 6.42 Å². The van der Waals surface area contributed by atoms with E-state index >= 15 is 0 Å². The number of anilines is 1. The monoisotopic (exact) mass is 247 g/mol. The van der Waals surface area contributed by atoms with Crippen molar-refractivity contribution in [2.45, 2.75) is 32.6 Å². The van der Waals surface area contributed by atoms with E-state index in [9.17, 15) is 0 Å². The number of nitrogens with one attached hydrogen (secondary N) is 1. The zero-order chi connectivity index (χ0) is 11.7. The third kappa shape index (κ3) is 2.41. The maximum Gasteiger partial charge on any atom is 0.138 e. The zero-order valence-corrected chi connectivity index (χ0v) is 10.9. The first-order chi connectivity index (χ1) is 8.36. The molecule has 0 aromatic carbocycles.